The van der Waals surface area contributed by atoms with Crippen LogP contribution in [0.2, 0.25) is 0 Å². The van der Waals surface area contributed by atoms with E-state index in [2.05, 4.69) is 24.0 Å². The molecule has 1 amide bonds. The zero-order valence-corrected chi connectivity index (χ0v) is 17.8. The van der Waals surface area contributed by atoms with E-state index in [-0.39, 0.29) is 12.7 Å². The molecule has 152 valence electrons. The van der Waals surface area contributed by atoms with Crippen LogP contribution >= 0.6 is 11.3 Å². The van der Waals surface area contributed by atoms with Crippen LogP contribution in [-0.2, 0) is 17.6 Å². The minimum Gasteiger partial charge on any atom is -0.454 e. The highest BCUT2D eigenvalue weighted by molar-refractivity contribution is 7.22. The van der Waals surface area contributed by atoms with Gasteiger partial charge in [-0.15, -0.1) is 0 Å². The van der Waals surface area contributed by atoms with Gasteiger partial charge in [-0.1, -0.05) is 30.4 Å². The summed E-state index contributed by atoms with van der Waals surface area (Å²) in [6.07, 6.45) is 1.27. The molecule has 0 spiro atoms. The van der Waals surface area contributed by atoms with Crippen molar-refractivity contribution in [3.63, 3.8) is 0 Å². The number of aromatic nitrogens is 1. The SMILES string of the molecule is CCc1ccc2nc(N(CCN(C)C)C(=O)Cc3ccc4c(c3)OCO4)sc2c1. The molecule has 0 aliphatic carbocycles. The van der Waals surface area contributed by atoms with Crippen LogP contribution in [0.3, 0.4) is 0 Å². The fourth-order valence-corrected chi connectivity index (χ4v) is 4.31. The molecule has 0 fully saturated rings. The van der Waals surface area contributed by atoms with Gasteiger partial charge in [-0.25, -0.2) is 4.98 Å². The van der Waals surface area contributed by atoms with Gasteiger partial charge in [-0.05, 0) is 55.9 Å². The number of thiazole rings is 1. The number of rotatable bonds is 7. The molecular weight excluding hydrogens is 386 g/mol. The van der Waals surface area contributed by atoms with Gasteiger partial charge in [0.1, 0.15) is 0 Å². The maximum atomic E-state index is 13.2. The molecule has 0 N–H and O–H groups in total. The van der Waals surface area contributed by atoms with Gasteiger partial charge in [0, 0.05) is 13.1 Å². The zero-order valence-electron chi connectivity index (χ0n) is 17.0. The van der Waals surface area contributed by atoms with Crippen LogP contribution in [0.25, 0.3) is 10.2 Å². The van der Waals surface area contributed by atoms with Crippen molar-refractivity contribution >= 4 is 32.6 Å². The van der Waals surface area contributed by atoms with Crippen LogP contribution in [-0.4, -0.2) is 49.8 Å². The zero-order chi connectivity index (χ0) is 20.4. The Kier molecular flexibility index (Phi) is 5.69. The summed E-state index contributed by atoms with van der Waals surface area (Å²) in [6.45, 7) is 3.73. The van der Waals surface area contributed by atoms with Crippen molar-refractivity contribution in [2.45, 2.75) is 19.8 Å². The average molecular weight is 412 g/mol. The second-order valence-electron chi connectivity index (χ2n) is 7.37. The van der Waals surface area contributed by atoms with Gasteiger partial charge >= 0.3 is 0 Å². The molecule has 1 aliphatic heterocycles. The monoisotopic (exact) mass is 411 g/mol. The topological polar surface area (TPSA) is 54.9 Å². The van der Waals surface area contributed by atoms with Crippen molar-refractivity contribution in [3.05, 3.63) is 47.5 Å². The lowest BCUT2D eigenvalue weighted by Gasteiger charge is -2.22. The number of ether oxygens (including phenoxy) is 2. The van der Waals surface area contributed by atoms with Gasteiger partial charge in [-0.3, -0.25) is 9.69 Å². The molecule has 3 aromatic rings. The molecular formula is C22H25N3O3S. The quantitative estimate of drug-likeness (QED) is 0.593. The molecule has 1 aromatic heterocycles. The maximum Gasteiger partial charge on any atom is 0.233 e. The molecule has 7 heteroatoms. The predicted molar refractivity (Wildman–Crippen MR) is 116 cm³/mol. The Hall–Kier alpha value is -2.64. The molecule has 0 saturated heterocycles. The van der Waals surface area contributed by atoms with E-state index in [1.165, 1.54) is 5.56 Å². The Labute approximate surface area is 174 Å². The first-order chi connectivity index (χ1) is 14.0. The molecule has 0 atom stereocenters. The standard InChI is InChI=1S/C22H25N3O3S/c1-4-15-5-7-17-20(12-15)29-22(23-17)25(10-9-24(2)3)21(26)13-16-6-8-18-19(11-16)28-14-27-18/h5-8,11-12H,4,9-10,13-14H2,1-3H3. The summed E-state index contributed by atoms with van der Waals surface area (Å²) in [5.41, 5.74) is 3.12. The number of amides is 1. The predicted octanol–water partition coefficient (Wildman–Crippen LogP) is 3.72. The van der Waals surface area contributed by atoms with E-state index in [1.807, 2.05) is 38.4 Å². The number of carbonyl (C=O) groups is 1. The van der Waals surface area contributed by atoms with Crippen molar-refractivity contribution in [1.29, 1.82) is 0 Å². The van der Waals surface area contributed by atoms with E-state index in [1.54, 1.807) is 16.2 Å². The Morgan fingerprint density at radius 2 is 1.86 bits per heavy atom. The van der Waals surface area contributed by atoms with Crippen molar-refractivity contribution in [1.82, 2.24) is 9.88 Å². The van der Waals surface area contributed by atoms with E-state index in [4.69, 9.17) is 14.5 Å². The fourth-order valence-electron chi connectivity index (χ4n) is 3.24. The number of carbonyl (C=O) groups excluding carboxylic acids is 1. The number of fused-ring (bicyclic) bond motifs is 2. The summed E-state index contributed by atoms with van der Waals surface area (Å²) in [6, 6.07) is 12.0. The summed E-state index contributed by atoms with van der Waals surface area (Å²) in [5.74, 6) is 1.45. The number of anilines is 1. The van der Waals surface area contributed by atoms with Crippen LogP contribution in [0.15, 0.2) is 36.4 Å². The van der Waals surface area contributed by atoms with Crippen molar-refractivity contribution < 1.29 is 14.3 Å². The minimum atomic E-state index is 0.0282. The third kappa shape index (κ3) is 4.36. The van der Waals surface area contributed by atoms with Gasteiger partial charge in [0.2, 0.25) is 12.7 Å². The van der Waals surface area contributed by atoms with Gasteiger partial charge in [0.05, 0.1) is 16.6 Å². The van der Waals surface area contributed by atoms with E-state index in [0.29, 0.717) is 18.7 Å². The number of benzene rings is 2. The molecule has 2 heterocycles. The summed E-state index contributed by atoms with van der Waals surface area (Å²) in [5, 5.41) is 0.751. The molecule has 2 aromatic carbocycles. The minimum absolute atomic E-state index is 0.0282. The number of aryl methyl sites for hydroxylation is 1. The molecule has 1 aliphatic rings. The summed E-state index contributed by atoms with van der Waals surface area (Å²) >= 11 is 1.58. The van der Waals surface area contributed by atoms with Crippen LogP contribution in [0, 0.1) is 0 Å². The third-order valence-electron chi connectivity index (χ3n) is 4.94. The Balaban J connectivity index is 1.59. The van der Waals surface area contributed by atoms with Gasteiger partial charge in [-0.2, -0.15) is 0 Å². The van der Waals surface area contributed by atoms with E-state index >= 15 is 0 Å². The number of hydrogen-bond donors (Lipinski definition) is 0. The van der Waals surface area contributed by atoms with Crippen molar-refractivity contribution in [3.8, 4) is 11.5 Å². The van der Waals surface area contributed by atoms with Crippen LogP contribution < -0.4 is 14.4 Å². The maximum absolute atomic E-state index is 13.2. The first-order valence-corrected chi connectivity index (χ1v) is 10.6. The second-order valence-corrected chi connectivity index (χ2v) is 8.37. The van der Waals surface area contributed by atoms with Crippen LogP contribution in [0.5, 0.6) is 11.5 Å². The van der Waals surface area contributed by atoms with Crippen molar-refractivity contribution in [2.75, 3.05) is 38.9 Å². The van der Waals surface area contributed by atoms with Gasteiger partial charge in [0.15, 0.2) is 16.6 Å². The lowest BCUT2D eigenvalue weighted by Crippen LogP contribution is -2.37. The average Bonchev–Trinajstić information content (AvgIpc) is 3.33. The normalized spacial score (nSPS) is 12.7. The highest BCUT2D eigenvalue weighted by atomic mass is 32.1. The Morgan fingerprint density at radius 1 is 1.07 bits per heavy atom. The highest BCUT2D eigenvalue weighted by Gasteiger charge is 2.22. The van der Waals surface area contributed by atoms with Crippen LogP contribution in [0.4, 0.5) is 5.13 Å². The van der Waals surface area contributed by atoms with Gasteiger partial charge in [0.25, 0.3) is 0 Å². The first-order valence-electron chi connectivity index (χ1n) is 9.76. The second kappa shape index (κ2) is 8.39. The number of likely N-dealkylation sites (N-methyl/N-ethyl adjacent to an activating group) is 1. The number of nitrogens with zero attached hydrogens (tertiary/aromatic N) is 3. The summed E-state index contributed by atoms with van der Waals surface area (Å²) in [4.78, 5) is 21.9. The van der Waals surface area contributed by atoms with Gasteiger partial charge < -0.3 is 14.4 Å². The van der Waals surface area contributed by atoms with E-state index in [0.717, 1.165) is 39.6 Å². The van der Waals surface area contributed by atoms with Crippen LogP contribution in [0.1, 0.15) is 18.1 Å². The smallest absolute Gasteiger partial charge is 0.233 e. The molecule has 0 unspecified atom stereocenters. The summed E-state index contributed by atoms with van der Waals surface area (Å²) in [7, 11) is 4.01. The Bertz CT molecular complexity index is 1030. The lowest BCUT2D eigenvalue weighted by atomic mass is 10.1. The molecule has 4 rings (SSSR count). The fraction of sp³-hybridized carbons (Fsp3) is 0.364. The van der Waals surface area contributed by atoms with Crippen molar-refractivity contribution in [2.24, 2.45) is 0 Å². The summed E-state index contributed by atoms with van der Waals surface area (Å²) < 4.78 is 11.9. The first kappa shape index (κ1) is 19.7. The molecule has 6 nitrogen and oxygen atoms in total. The molecule has 0 saturated carbocycles. The number of hydrogen-bond acceptors (Lipinski definition) is 6. The third-order valence-corrected chi connectivity index (χ3v) is 5.99. The largest absolute Gasteiger partial charge is 0.454 e. The highest BCUT2D eigenvalue weighted by Crippen LogP contribution is 2.33. The lowest BCUT2D eigenvalue weighted by molar-refractivity contribution is -0.118. The Morgan fingerprint density at radius 3 is 2.66 bits per heavy atom. The van der Waals surface area contributed by atoms with E-state index in [9.17, 15) is 4.79 Å². The molecule has 0 bridgehead atoms. The molecule has 0 radical (unpaired) electrons. The molecule has 29 heavy (non-hydrogen) atoms. The van der Waals surface area contributed by atoms with E-state index < -0.39 is 0 Å².